The SMILES string of the molecule is CCc1nc(Br)cc(N(C)C2CCCCCC2)n1. The first-order chi connectivity index (χ1) is 8.70. The van der Waals surface area contributed by atoms with Gasteiger partial charge in [-0.25, -0.2) is 9.97 Å². The largest absolute Gasteiger partial charge is 0.357 e. The summed E-state index contributed by atoms with van der Waals surface area (Å²) in [7, 11) is 2.17. The average Bonchev–Trinajstić information content (AvgIpc) is 2.65. The first-order valence-electron chi connectivity index (χ1n) is 6.97. The van der Waals surface area contributed by atoms with Crippen molar-refractivity contribution >= 4 is 21.7 Å². The van der Waals surface area contributed by atoms with Crippen LogP contribution in [0.5, 0.6) is 0 Å². The third-order valence-corrected chi connectivity index (χ3v) is 4.18. The molecule has 1 heterocycles. The summed E-state index contributed by atoms with van der Waals surface area (Å²) in [6.07, 6.45) is 8.93. The molecule has 0 spiro atoms. The highest BCUT2D eigenvalue weighted by atomic mass is 79.9. The lowest BCUT2D eigenvalue weighted by molar-refractivity contribution is 0.548. The Morgan fingerprint density at radius 3 is 2.50 bits per heavy atom. The van der Waals surface area contributed by atoms with Gasteiger partial charge in [0.2, 0.25) is 0 Å². The Balaban J connectivity index is 2.15. The van der Waals surface area contributed by atoms with Crippen LogP contribution in [0.3, 0.4) is 0 Å². The number of hydrogen-bond donors (Lipinski definition) is 0. The van der Waals surface area contributed by atoms with E-state index in [1.54, 1.807) is 0 Å². The van der Waals surface area contributed by atoms with Crippen molar-refractivity contribution in [2.24, 2.45) is 0 Å². The van der Waals surface area contributed by atoms with Crippen molar-refractivity contribution < 1.29 is 0 Å². The summed E-state index contributed by atoms with van der Waals surface area (Å²) in [6, 6.07) is 2.67. The molecule has 0 aromatic carbocycles. The summed E-state index contributed by atoms with van der Waals surface area (Å²) in [5.74, 6) is 1.97. The molecule has 0 atom stereocenters. The number of rotatable bonds is 3. The zero-order chi connectivity index (χ0) is 13.0. The fourth-order valence-electron chi connectivity index (χ4n) is 2.62. The Hall–Kier alpha value is -0.640. The summed E-state index contributed by atoms with van der Waals surface area (Å²) < 4.78 is 0.893. The Labute approximate surface area is 118 Å². The van der Waals surface area contributed by atoms with E-state index in [9.17, 15) is 0 Å². The van der Waals surface area contributed by atoms with Crippen LogP contribution < -0.4 is 4.90 Å². The number of aryl methyl sites for hydroxylation is 1. The van der Waals surface area contributed by atoms with Gasteiger partial charge < -0.3 is 4.90 Å². The number of anilines is 1. The van der Waals surface area contributed by atoms with E-state index in [2.05, 4.69) is 44.8 Å². The van der Waals surface area contributed by atoms with Gasteiger partial charge in [-0.1, -0.05) is 32.6 Å². The molecule has 1 aliphatic rings. The number of halogens is 1. The van der Waals surface area contributed by atoms with Gasteiger partial charge in [-0.2, -0.15) is 0 Å². The molecule has 0 amide bonds. The van der Waals surface area contributed by atoms with E-state index in [0.29, 0.717) is 6.04 Å². The van der Waals surface area contributed by atoms with E-state index in [1.807, 2.05) is 6.07 Å². The third-order valence-electron chi connectivity index (χ3n) is 3.78. The van der Waals surface area contributed by atoms with Gasteiger partial charge in [0.25, 0.3) is 0 Å². The predicted octanol–water partition coefficient (Wildman–Crippen LogP) is 3.96. The summed E-state index contributed by atoms with van der Waals surface area (Å²) in [5.41, 5.74) is 0. The van der Waals surface area contributed by atoms with Gasteiger partial charge in [-0.15, -0.1) is 0 Å². The molecule has 4 heteroatoms. The van der Waals surface area contributed by atoms with E-state index in [0.717, 1.165) is 22.7 Å². The quantitative estimate of drug-likeness (QED) is 0.625. The number of aromatic nitrogens is 2. The molecule has 2 rings (SSSR count). The van der Waals surface area contributed by atoms with Crippen molar-refractivity contribution in [1.82, 2.24) is 9.97 Å². The lowest BCUT2D eigenvalue weighted by Crippen LogP contribution is -2.32. The third kappa shape index (κ3) is 3.44. The smallest absolute Gasteiger partial charge is 0.133 e. The fourth-order valence-corrected chi connectivity index (χ4v) is 3.03. The lowest BCUT2D eigenvalue weighted by atomic mass is 10.1. The maximum atomic E-state index is 4.64. The summed E-state index contributed by atoms with van der Waals surface area (Å²) >= 11 is 3.48. The normalized spacial score (nSPS) is 17.5. The van der Waals surface area contributed by atoms with Crippen LogP contribution in [-0.4, -0.2) is 23.1 Å². The second kappa shape index (κ2) is 6.50. The second-order valence-electron chi connectivity index (χ2n) is 5.07. The molecule has 0 saturated heterocycles. The summed E-state index contributed by atoms with van der Waals surface area (Å²) in [5, 5.41) is 0. The van der Waals surface area contributed by atoms with Gasteiger partial charge in [-0.3, -0.25) is 0 Å². The molecule has 0 N–H and O–H groups in total. The minimum Gasteiger partial charge on any atom is -0.357 e. The highest BCUT2D eigenvalue weighted by Gasteiger charge is 2.18. The van der Waals surface area contributed by atoms with Crippen molar-refractivity contribution in [3.05, 3.63) is 16.5 Å². The molecule has 1 saturated carbocycles. The molecular weight excluding hydrogens is 290 g/mol. The van der Waals surface area contributed by atoms with E-state index in [4.69, 9.17) is 0 Å². The average molecular weight is 312 g/mol. The van der Waals surface area contributed by atoms with Crippen molar-refractivity contribution in [2.45, 2.75) is 57.9 Å². The molecule has 0 radical (unpaired) electrons. The maximum absolute atomic E-state index is 4.64. The Morgan fingerprint density at radius 1 is 1.22 bits per heavy atom. The molecule has 1 aliphatic carbocycles. The Bertz CT molecular complexity index is 387. The highest BCUT2D eigenvalue weighted by molar-refractivity contribution is 9.10. The van der Waals surface area contributed by atoms with Crippen LogP contribution in [0.4, 0.5) is 5.82 Å². The van der Waals surface area contributed by atoms with E-state index in [1.165, 1.54) is 38.5 Å². The van der Waals surface area contributed by atoms with Crippen LogP contribution in [0.25, 0.3) is 0 Å². The molecule has 0 unspecified atom stereocenters. The van der Waals surface area contributed by atoms with Crippen LogP contribution in [0, 0.1) is 0 Å². The molecular formula is C14H22BrN3. The predicted molar refractivity (Wildman–Crippen MR) is 79.0 cm³/mol. The summed E-state index contributed by atoms with van der Waals surface area (Å²) in [4.78, 5) is 11.4. The lowest BCUT2D eigenvalue weighted by Gasteiger charge is -2.28. The number of nitrogens with zero attached hydrogens (tertiary/aromatic N) is 3. The zero-order valence-electron chi connectivity index (χ0n) is 11.3. The van der Waals surface area contributed by atoms with Gasteiger partial charge in [0.05, 0.1) is 0 Å². The second-order valence-corrected chi connectivity index (χ2v) is 5.89. The van der Waals surface area contributed by atoms with Crippen molar-refractivity contribution in [1.29, 1.82) is 0 Å². The molecule has 0 bridgehead atoms. The first kappa shape index (κ1) is 13.8. The van der Waals surface area contributed by atoms with Crippen LogP contribution >= 0.6 is 15.9 Å². The van der Waals surface area contributed by atoms with Gasteiger partial charge in [-0.05, 0) is 28.8 Å². The monoisotopic (exact) mass is 311 g/mol. The van der Waals surface area contributed by atoms with Gasteiger partial charge in [0.1, 0.15) is 16.2 Å². The van der Waals surface area contributed by atoms with E-state index < -0.39 is 0 Å². The van der Waals surface area contributed by atoms with E-state index in [-0.39, 0.29) is 0 Å². The standard InChI is InChI=1S/C14H22BrN3/c1-3-13-16-12(15)10-14(17-13)18(2)11-8-6-4-5-7-9-11/h10-11H,3-9H2,1-2H3. The van der Waals surface area contributed by atoms with Gasteiger partial charge >= 0.3 is 0 Å². The minimum atomic E-state index is 0.638. The molecule has 1 fully saturated rings. The van der Waals surface area contributed by atoms with Crippen molar-refractivity contribution in [2.75, 3.05) is 11.9 Å². The molecule has 18 heavy (non-hydrogen) atoms. The molecule has 0 aliphatic heterocycles. The van der Waals surface area contributed by atoms with Crippen molar-refractivity contribution in [3.8, 4) is 0 Å². The van der Waals surface area contributed by atoms with Gasteiger partial charge in [0.15, 0.2) is 0 Å². The van der Waals surface area contributed by atoms with Gasteiger partial charge in [0, 0.05) is 25.6 Å². The molecule has 100 valence electrons. The molecule has 1 aromatic rings. The van der Waals surface area contributed by atoms with Crippen LogP contribution in [-0.2, 0) is 6.42 Å². The summed E-state index contributed by atoms with van der Waals surface area (Å²) in [6.45, 7) is 2.09. The van der Waals surface area contributed by atoms with Crippen molar-refractivity contribution in [3.63, 3.8) is 0 Å². The van der Waals surface area contributed by atoms with Crippen LogP contribution in [0.2, 0.25) is 0 Å². The first-order valence-corrected chi connectivity index (χ1v) is 7.76. The molecule has 1 aromatic heterocycles. The zero-order valence-corrected chi connectivity index (χ0v) is 12.9. The fraction of sp³-hybridized carbons (Fsp3) is 0.714. The molecule has 3 nitrogen and oxygen atoms in total. The topological polar surface area (TPSA) is 29.0 Å². The maximum Gasteiger partial charge on any atom is 0.133 e. The Morgan fingerprint density at radius 2 is 1.89 bits per heavy atom. The van der Waals surface area contributed by atoms with Crippen LogP contribution in [0.15, 0.2) is 10.7 Å². The Kier molecular flexibility index (Phi) is 4.98. The van der Waals surface area contributed by atoms with Crippen LogP contribution in [0.1, 0.15) is 51.3 Å². The highest BCUT2D eigenvalue weighted by Crippen LogP contribution is 2.25. The number of hydrogen-bond acceptors (Lipinski definition) is 3. The van der Waals surface area contributed by atoms with E-state index >= 15 is 0 Å². The minimum absolute atomic E-state index is 0.638.